The first-order chi connectivity index (χ1) is 7.68. The lowest BCUT2D eigenvalue weighted by molar-refractivity contribution is 0.0276. The molecular weight excluding hydrogens is 326 g/mol. The average molecular weight is 342 g/mol. The first-order valence-corrected chi connectivity index (χ1v) is 8.08. The van der Waals surface area contributed by atoms with E-state index in [1.807, 2.05) is 13.8 Å². The van der Waals surface area contributed by atoms with Gasteiger partial charge in [-0.15, -0.1) is 11.3 Å². The summed E-state index contributed by atoms with van der Waals surface area (Å²) in [6, 6.07) is 1.61. The van der Waals surface area contributed by atoms with Crippen LogP contribution in [0.25, 0.3) is 0 Å². The summed E-state index contributed by atoms with van der Waals surface area (Å²) in [7, 11) is -1.91. The van der Waals surface area contributed by atoms with Gasteiger partial charge in [0.15, 0.2) is 0 Å². The van der Waals surface area contributed by atoms with Gasteiger partial charge < -0.3 is 4.74 Å². The largest absolute Gasteiger partial charge is 0.377 e. The van der Waals surface area contributed by atoms with Crippen molar-refractivity contribution in [3.8, 4) is 0 Å². The number of methoxy groups -OCH3 is 1. The fraction of sp³-hybridized carbons (Fsp3) is 0.600. The summed E-state index contributed by atoms with van der Waals surface area (Å²) < 4.78 is 32.6. The highest BCUT2D eigenvalue weighted by Gasteiger charge is 2.24. The molecule has 1 N–H and O–H groups in total. The van der Waals surface area contributed by atoms with Gasteiger partial charge in [0.25, 0.3) is 0 Å². The molecule has 7 heteroatoms. The van der Waals surface area contributed by atoms with Gasteiger partial charge >= 0.3 is 0 Å². The Bertz CT molecular complexity index is 494. The number of thiophene rings is 1. The number of halogens is 1. The van der Waals surface area contributed by atoms with E-state index in [0.29, 0.717) is 4.90 Å². The predicted octanol–water partition coefficient (Wildman–Crippen LogP) is 2.52. The van der Waals surface area contributed by atoms with E-state index < -0.39 is 15.6 Å². The van der Waals surface area contributed by atoms with Crippen molar-refractivity contribution in [1.29, 1.82) is 0 Å². The van der Waals surface area contributed by atoms with E-state index >= 15 is 0 Å². The van der Waals surface area contributed by atoms with Crippen molar-refractivity contribution in [2.75, 3.05) is 13.7 Å². The number of aryl methyl sites for hydroxylation is 1. The third-order valence-electron chi connectivity index (χ3n) is 2.37. The van der Waals surface area contributed by atoms with Crippen LogP contribution in [0.1, 0.15) is 18.7 Å². The average Bonchev–Trinajstić information content (AvgIpc) is 2.56. The number of hydrogen-bond donors (Lipinski definition) is 1. The lowest BCUT2D eigenvalue weighted by Gasteiger charge is -2.22. The molecule has 0 amide bonds. The van der Waals surface area contributed by atoms with Crippen LogP contribution in [0.15, 0.2) is 14.7 Å². The van der Waals surface area contributed by atoms with Crippen molar-refractivity contribution >= 4 is 37.3 Å². The highest BCUT2D eigenvalue weighted by Crippen LogP contribution is 2.29. The molecule has 0 fully saturated rings. The molecule has 0 aliphatic rings. The second-order valence-corrected chi connectivity index (χ2v) is 8.63. The second kappa shape index (κ2) is 5.36. The molecule has 0 bridgehead atoms. The molecule has 0 saturated heterocycles. The summed E-state index contributed by atoms with van der Waals surface area (Å²) in [5, 5.41) is 0. The first kappa shape index (κ1) is 15.1. The van der Waals surface area contributed by atoms with Crippen molar-refractivity contribution in [3.63, 3.8) is 0 Å². The monoisotopic (exact) mass is 341 g/mol. The molecule has 0 aliphatic carbocycles. The predicted molar refractivity (Wildman–Crippen MR) is 73.0 cm³/mol. The van der Waals surface area contributed by atoms with Gasteiger partial charge in [-0.1, -0.05) is 0 Å². The number of nitrogens with one attached hydrogen (secondary N) is 1. The Morgan fingerprint density at radius 3 is 2.53 bits per heavy atom. The molecule has 0 aliphatic heterocycles. The van der Waals surface area contributed by atoms with E-state index in [4.69, 9.17) is 4.74 Å². The minimum absolute atomic E-state index is 0.235. The molecule has 17 heavy (non-hydrogen) atoms. The topological polar surface area (TPSA) is 55.4 Å². The van der Waals surface area contributed by atoms with Crippen molar-refractivity contribution in [2.45, 2.75) is 31.3 Å². The molecule has 1 heterocycles. The maximum absolute atomic E-state index is 12.0. The van der Waals surface area contributed by atoms with Crippen molar-refractivity contribution in [3.05, 3.63) is 14.7 Å². The smallest absolute Gasteiger partial charge is 0.241 e. The summed E-state index contributed by atoms with van der Waals surface area (Å²) in [4.78, 5) is 1.08. The summed E-state index contributed by atoms with van der Waals surface area (Å²) in [5.41, 5.74) is -0.520. The van der Waals surface area contributed by atoms with Gasteiger partial charge in [-0.3, -0.25) is 0 Å². The molecule has 1 aromatic heterocycles. The van der Waals surface area contributed by atoms with Crippen LogP contribution in [0.3, 0.4) is 0 Å². The van der Waals surface area contributed by atoms with Crippen molar-refractivity contribution < 1.29 is 13.2 Å². The van der Waals surface area contributed by atoms with E-state index in [2.05, 4.69) is 20.7 Å². The quantitative estimate of drug-likeness (QED) is 0.895. The molecule has 98 valence electrons. The highest BCUT2D eigenvalue weighted by atomic mass is 79.9. The first-order valence-electron chi connectivity index (χ1n) is 4.99. The van der Waals surface area contributed by atoms with Crippen molar-refractivity contribution in [2.24, 2.45) is 0 Å². The van der Waals surface area contributed by atoms with Gasteiger partial charge in [-0.25, -0.2) is 13.1 Å². The number of sulfonamides is 1. The van der Waals surface area contributed by atoms with Crippen LogP contribution < -0.4 is 4.72 Å². The van der Waals surface area contributed by atoms with Gasteiger partial charge in [-0.2, -0.15) is 0 Å². The lowest BCUT2D eigenvalue weighted by Crippen LogP contribution is -2.39. The number of ether oxygens (including phenoxy) is 1. The molecule has 1 aromatic rings. The Labute approximate surface area is 115 Å². The molecule has 0 saturated carbocycles. The summed E-state index contributed by atoms with van der Waals surface area (Å²) in [5.74, 6) is 0. The zero-order valence-electron chi connectivity index (χ0n) is 10.2. The molecular formula is C10H16BrNO3S2. The van der Waals surface area contributed by atoms with E-state index in [1.165, 1.54) is 11.3 Å². The Morgan fingerprint density at radius 2 is 2.12 bits per heavy atom. The summed E-state index contributed by atoms with van der Waals surface area (Å²) in [6.45, 7) is 5.67. The van der Waals surface area contributed by atoms with Gasteiger partial charge in [0, 0.05) is 18.5 Å². The minimum Gasteiger partial charge on any atom is -0.377 e. The van der Waals surface area contributed by atoms with Crippen molar-refractivity contribution in [1.82, 2.24) is 4.72 Å². The van der Waals surface area contributed by atoms with Crippen LogP contribution in [-0.4, -0.2) is 27.7 Å². The molecule has 4 nitrogen and oxygen atoms in total. The van der Waals surface area contributed by atoms with Gasteiger partial charge in [-0.05, 0) is 42.8 Å². The highest BCUT2D eigenvalue weighted by molar-refractivity contribution is 9.11. The fourth-order valence-electron chi connectivity index (χ4n) is 1.12. The SMILES string of the molecule is COC(C)(C)CNS(=O)(=O)c1cc(Br)sc1C. The third-order valence-corrected chi connectivity index (χ3v) is 5.58. The zero-order valence-corrected chi connectivity index (χ0v) is 13.4. The number of rotatable bonds is 5. The minimum atomic E-state index is -3.46. The fourth-order valence-corrected chi connectivity index (χ4v) is 4.73. The van der Waals surface area contributed by atoms with Crippen LogP contribution in [0.5, 0.6) is 0 Å². The Balaban J connectivity index is 2.87. The molecule has 0 atom stereocenters. The maximum atomic E-state index is 12.0. The number of hydrogen-bond acceptors (Lipinski definition) is 4. The normalized spacial score (nSPS) is 13.0. The van der Waals surface area contributed by atoms with Crippen LogP contribution in [-0.2, 0) is 14.8 Å². The second-order valence-electron chi connectivity index (χ2n) is 4.26. The zero-order chi connectivity index (χ0) is 13.3. The maximum Gasteiger partial charge on any atom is 0.241 e. The van der Waals surface area contributed by atoms with Gasteiger partial charge in [0.1, 0.15) is 0 Å². The Hall–Kier alpha value is 0.0500. The van der Waals surface area contributed by atoms with E-state index in [9.17, 15) is 8.42 Å². The lowest BCUT2D eigenvalue weighted by atomic mass is 10.1. The molecule has 0 radical (unpaired) electrons. The third kappa shape index (κ3) is 4.03. The Morgan fingerprint density at radius 1 is 1.53 bits per heavy atom. The standard InChI is InChI=1S/C10H16BrNO3S2/c1-7-8(5-9(11)16-7)17(13,14)12-6-10(2,3)15-4/h5,12H,6H2,1-4H3. The van der Waals surface area contributed by atoms with Crippen LogP contribution in [0, 0.1) is 6.92 Å². The van der Waals surface area contributed by atoms with Crippen LogP contribution >= 0.6 is 27.3 Å². The van der Waals surface area contributed by atoms with E-state index in [0.717, 1.165) is 8.66 Å². The molecule has 0 aromatic carbocycles. The van der Waals surface area contributed by atoms with Crippen LogP contribution in [0.2, 0.25) is 0 Å². The van der Waals surface area contributed by atoms with E-state index in [-0.39, 0.29) is 6.54 Å². The Kier molecular flexibility index (Phi) is 4.76. The van der Waals surface area contributed by atoms with Crippen LogP contribution in [0.4, 0.5) is 0 Å². The molecule has 0 spiro atoms. The molecule has 0 unspecified atom stereocenters. The molecule has 1 rings (SSSR count). The van der Waals surface area contributed by atoms with E-state index in [1.54, 1.807) is 20.1 Å². The summed E-state index contributed by atoms with van der Waals surface area (Å²) >= 11 is 4.68. The van der Waals surface area contributed by atoms with Gasteiger partial charge in [0.2, 0.25) is 10.0 Å². The summed E-state index contributed by atoms with van der Waals surface area (Å²) in [6.07, 6.45) is 0. The van der Waals surface area contributed by atoms with Gasteiger partial charge in [0.05, 0.1) is 14.3 Å².